The van der Waals surface area contributed by atoms with Crippen LogP contribution in [-0.4, -0.2) is 101 Å². The summed E-state index contributed by atoms with van der Waals surface area (Å²) in [6.07, 6.45) is 6.87. The lowest BCUT2D eigenvalue weighted by atomic mass is 9.41. The van der Waals surface area contributed by atoms with Crippen LogP contribution in [0, 0.1) is 50.7 Å². The van der Waals surface area contributed by atoms with Crippen LogP contribution in [0.4, 0.5) is 0 Å². The van der Waals surface area contributed by atoms with Crippen molar-refractivity contribution in [1.82, 2.24) is 4.90 Å². The van der Waals surface area contributed by atoms with Gasteiger partial charge in [0.1, 0.15) is 12.1 Å². The van der Waals surface area contributed by atoms with E-state index in [2.05, 4.69) is 39.5 Å². The third-order valence-electron chi connectivity index (χ3n) is 16.6. The number of esters is 1. The van der Waals surface area contributed by atoms with Crippen molar-refractivity contribution in [3.8, 4) is 0 Å². The van der Waals surface area contributed by atoms with Crippen molar-refractivity contribution in [3.05, 3.63) is 0 Å². The van der Waals surface area contributed by atoms with Gasteiger partial charge >= 0.3 is 5.97 Å². The molecule has 0 aromatic rings. The van der Waals surface area contributed by atoms with Crippen LogP contribution in [0.1, 0.15) is 106 Å². The number of hydrogen-bond acceptors (Lipinski definition) is 9. The van der Waals surface area contributed by atoms with E-state index in [-0.39, 0.29) is 63.5 Å². The molecule has 8 fully saturated rings. The molecule has 0 aromatic heterocycles. The van der Waals surface area contributed by atoms with Gasteiger partial charge in [0.25, 0.3) is 0 Å². The van der Waals surface area contributed by atoms with Gasteiger partial charge in [-0.15, -0.1) is 0 Å². The maximum Gasteiger partial charge on any atom is 0.323 e. The molecule has 0 radical (unpaired) electrons. The van der Waals surface area contributed by atoms with Crippen molar-refractivity contribution < 1.29 is 39.1 Å². The first kappa shape index (κ1) is 33.3. The average molecular weight is 660 g/mol. The minimum Gasteiger partial charge on any atom is -0.464 e. The van der Waals surface area contributed by atoms with E-state index in [0.717, 1.165) is 45.1 Å². The van der Waals surface area contributed by atoms with Gasteiger partial charge in [0.2, 0.25) is 0 Å². The lowest BCUT2D eigenvalue weighted by Gasteiger charge is -2.64. The highest BCUT2D eigenvalue weighted by Gasteiger charge is 2.84. The first-order chi connectivity index (χ1) is 22.0. The van der Waals surface area contributed by atoms with E-state index >= 15 is 0 Å². The van der Waals surface area contributed by atoms with Crippen molar-refractivity contribution in [2.24, 2.45) is 50.7 Å². The Balaban J connectivity index is 1.02. The zero-order valence-corrected chi connectivity index (χ0v) is 29.9. The maximum absolute atomic E-state index is 12.4. The van der Waals surface area contributed by atoms with Crippen LogP contribution in [-0.2, 0) is 23.7 Å². The minimum atomic E-state index is -1.26. The number of aliphatic hydroxyl groups excluding tert-OH is 2. The van der Waals surface area contributed by atoms with Gasteiger partial charge in [0, 0.05) is 18.4 Å². The lowest BCUT2D eigenvalue weighted by Crippen LogP contribution is -2.60. The number of nitrogens with zero attached hydrogens (tertiary/aromatic N) is 1. The monoisotopic (exact) mass is 659 g/mol. The molecule has 15 atom stereocenters. The molecule has 3 heterocycles. The highest BCUT2D eigenvalue weighted by Crippen LogP contribution is 2.89. The number of cyclic esters (lactones) is 1. The minimum absolute atomic E-state index is 0.00728. The van der Waals surface area contributed by atoms with E-state index in [4.69, 9.17) is 18.9 Å². The quantitative estimate of drug-likeness (QED) is 0.372. The highest BCUT2D eigenvalue weighted by atomic mass is 16.7. The fourth-order valence-electron chi connectivity index (χ4n) is 14.2. The number of aliphatic hydroxyl groups is 3. The zero-order chi connectivity index (χ0) is 33.5. The lowest BCUT2D eigenvalue weighted by molar-refractivity contribution is -0.250. The molecule has 5 aliphatic carbocycles. The molecule has 8 aliphatic rings. The fourth-order valence-corrected chi connectivity index (χ4v) is 14.2. The predicted molar refractivity (Wildman–Crippen MR) is 174 cm³/mol. The largest absolute Gasteiger partial charge is 0.464 e. The Morgan fingerprint density at radius 3 is 2.43 bits per heavy atom. The molecule has 0 amide bonds. The van der Waals surface area contributed by atoms with Crippen LogP contribution in [0.5, 0.6) is 0 Å². The third-order valence-corrected chi connectivity index (χ3v) is 16.6. The molecule has 8 rings (SSSR count). The van der Waals surface area contributed by atoms with Gasteiger partial charge in [-0.3, -0.25) is 9.69 Å². The van der Waals surface area contributed by atoms with Gasteiger partial charge < -0.3 is 34.3 Å². The van der Waals surface area contributed by atoms with Gasteiger partial charge in [-0.1, -0.05) is 34.6 Å². The van der Waals surface area contributed by atoms with Crippen molar-refractivity contribution in [3.63, 3.8) is 0 Å². The van der Waals surface area contributed by atoms with Crippen LogP contribution in [0.15, 0.2) is 0 Å². The Morgan fingerprint density at radius 2 is 1.72 bits per heavy atom. The van der Waals surface area contributed by atoms with E-state index in [1.807, 2.05) is 0 Å². The molecule has 47 heavy (non-hydrogen) atoms. The van der Waals surface area contributed by atoms with Gasteiger partial charge in [-0.25, -0.2) is 0 Å². The van der Waals surface area contributed by atoms with Crippen LogP contribution in [0.25, 0.3) is 0 Å². The van der Waals surface area contributed by atoms with Gasteiger partial charge in [0.15, 0.2) is 6.29 Å². The topological polar surface area (TPSA) is 118 Å². The molecule has 5 saturated carbocycles. The number of ether oxygens (including phenoxy) is 4. The van der Waals surface area contributed by atoms with Crippen molar-refractivity contribution in [2.75, 3.05) is 26.3 Å². The second-order valence-corrected chi connectivity index (χ2v) is 19.0. The van der Waals surface area contributed by atoms with Crippen molar-refractivity contribution in [1.29, 1.82) is 0 Å². The summed E-state index contributed by atoms with van der Waals surface area (Å²) >= 11 is 0. The number of fused-ring (bicyclic) bond motifs is 4. The molecular weight excluding hydrogens is 598 g/mol. The summed E-state index contributed by atoms with van der Waals surface area (Å²) in [5.41, 5.74) is -1.04. The van der Waals surface area contributed by atoms with E-state index < -0.39 is 23.9 Å². The van der Waals surface area contributed by atoms with Crippen LogP contribution in [0.2, 0.25) is 0 Å². The second-order valence-electron chi connectivity index (χ2n) is 19.0. The molecule has 266 valence electrons. The third kappa shape index (κ3) is 4.35. The highest BCUT2D eigenvalue weighted by molar-refractivity contribution is 5.77. The Kier molecular flexibility index (Phi) is 7.53. The molecule has 3 saturated heterocycles. The Bertz CT molecular complexity index is 1270. The smallest absolute Gasteiger partial charge is 0.323 e. The standard InChI is InChI=1S/C38H61NO8/c1-21-18-23(30(40)34(4,5)43)46-29-28(21)35(6)13-14-38-20-37(38)12-10-26(33(2,3)24(37)8-9-25(38)36(35,7)31(29)41)47-27-19-39(15-17-44-27)22-11-16-45-32(22)42/h21-31,40-41,43H,8-20H2,1-7H3/t21-,22?,23?,24+,25?,26?,27?,28?,29-,30?,31+,35?,36-,37?,38?/m1/s1. The Morgan fingerprint density at radius 1 is 1.00 bits per heavy atom. The molecular formula is C38H61NO8. The first-order valence-electron chi connectivity index (χ1n) is 18.9. The molecule has 9 heteroatoms. The van der Waals surface area contributed by atoms with Crippen LogP contribution >= 0.6 is 0 Å². The fraction of sp³-hybridized carbons (Fsp3) is 0.974. The van der Waals surface area contributed by atoms with Crippen LogP contribution < -0.4 is 0 Å². The molecule has 9 nitrogen and oxygen atoms in total. The summed E-state index contributed by atoms with van der Waals surface area (Å²) in [5.74, 6) is 1.41. The zero-order valence-electron chi connectivity index (χ0n) is 29.9. The van der Waals surface area contributed by atoms with Gasteiger partial charge in [0.05, 0.1) is 49.8 Å². The molecule has 3 N–H and O–H groups in total. The summed E-state index contributed by atoms with van der Waals surface area (Å²) in [6, 6.07) is -0.173. The van der Waals surface area contributed by atoms with E-state index in [9.17, 15) is 20.1 Å². The number of morpholine rings is 1. The molecule has 0 bridgehead atoms. The number of hydrogen-bond donors (Lipinski definition) is 3. The summed E-state index contributed by atoms with van der Waals surface area (Å²) in [4.78, 5) is 14.5. The Hall–Kier alpha value is -0.810. The summed E-state index contributed by atoms with van der Waals surface area (Å²) in [7, 11) is 0. The molecule has 2 spiro atoms. The summed E-state index contributed by atoms with van der Waals surface area (Å²) in [5, 5.41) is 34.1. The summed E-state index contributed by atoms with van der Waals surface area (Å²) in [6.45, 7) is 17.7. The van der Waals surface area contributed by atoms with E-state index in [1.54, 1.807) is 13.8 Å². The predicted octanol–water partition coefficient (Wildman–Crippen LogP) is 4.29. The first-order valence-corrected chi connectivity index (χ1v) is 18.9. The normalized spacial score (nSPS) is 54.4. The summed E-state index contributed by atoms with van der Waals surface area (Å²) < 4.78 is 24.9. The second kappa shape index (κ2) is 10.6. The van der Waals surface area contributed by atoms with E-state index in [1.165, 1.54) is 12.8 Å². The Labute approximate surface area is 281 Å². The molecule has 3 aliphatic heterocycles. The van der Waals surface area contributed by atoms with Gasteiger partial charge in [-0.2, -0.15) is 0 Å². The average Bonchev–Trinajstić information content (AvgIpc) is 3.41. The number of rotatable bonds is 5. The number of carbonyl (C=O) groups is 1. The van der Waals surface area contributed by atoms with Crippen LogP contribution in [0.3, 0.4) is 0 Å². The van der Waals surface area contributed by atoms with Gasteiger partial charge in [-0.05, 0) is 111 Å². The SMILES string of the molecule is C[C@@H]1CC(C(O)C(C)(C)O)O[C@@H]2C1C1(C)CCC34CC35CCC(OC3CN(C6CCOC6=O)CCO3)C(C)(C)[C@@H]5CCC4[C@]1(C)[C@H]2O. The molecule has 0 aromatic carbocycles. The van der Waals surface area contributed by atoms with E-state index in [0.29, 0.717) is 43.9 Å². The number of carbonyl (C=O) groups excluding carboxylic acids is 1. The van der Waals surface area contributed by atoms with Crippen molar-refractivity contribution in [2.45, 2.75) is 155 Å². The van der Waals surface area contributed by atoms with Crippen molar-refractivity contribution >= 4 is 5.97 Å². The molecule has 10 unspecified atom stereocenters. The maximum atomic E-state index is 12.4.